The van der Waals surface area contributed by atoms with Crippen molar-refractivity contribution in [3.63, 3.8) is 0 Å². The van der Waals surface area contributed by atoms with Crippen LogP contribution in [0.5, 0.6) is 5.75 Å². The number of carboxylic acids is 1. The minimum atomic E-state index is -1.07. The molecule has 3 rings (SSSR count). The predicted molar refractivity (Wildman–Crippen MR) is 75.7 cm³/mol. The second-order valence-electron chi connectivity index (χ2n) is 4.23. The first-order chi connectivity index (χ1) is 10.1. The molecule has 21 heavy (non-hydrogen) atoms. The quantitative estimate of drug-likeness (QED) is 0.802. The van der Waals surface area contributed by atoms with Crippen LogP contribution in [0.3, 0.4) is 0 Å². The molecule has 6 nitrogen and oxygen atoms in total. The lowest BCUT2D eigenvalue weighted by Gasteiger charge is -2.04. The average Bonchev–Trinajstić information content (AvgIpc) is 2.88. The fourth-order valence-electron chi connectivity index (χ4n) is 1.88. The number of aromatic nitrogens is 3. The van der Waals surface area contributed by atoms with E-state index in [1.165, 1.54) is 10.6 Å². The molecule has 0 saturated carbocycles. The van der Waals surface area contributed by atoms with Gasteiger partial charge in [0, 0.05) is 0 Å². The smallest absolute Gasteiger partial charge is 0.354 e. The molecular weight excluding hydrogens is 294 g/mol. The highest BCUT2D eigenvalue weighted by atomic mass is 35.5. The summed E-state index contributed by atoms with van der Waals surface area (Å²) in [5.74, 6) is -0.163. The fourth-order valence-corrected chi connectivity index (χ4v) is 2.07. The topological polar surface area (TPSA) is 76.7 Å². The van der Waals surface area contributed by atoms with Gasteiger partial charge in [-0.1, -0.05) is 29.8 Å². The number of pyridine rings is 1. The van der Waals surface area contributed by atoms with Gasteiger partial charge in [-0.2, -0.15) is 0 Å². The third-order valence-corrected chi connectivity index (χ3v) is 3.13. The van der Waals surface area contributed by atoms with E-state index < -0.39 is 5.97 Å². The SMILES string of the molecule is O=C(O)c1cccc2nc(COc3ccccc3Cl)nn12. The number of hydrogen-bond donors (Lipinski definition) is 1. The van der Waals surface area contributed by atoms with E-state index in [4.69, 9.17) is 21.4 Å². The first-order valence-electron chi connectivity index (χ1n) is 6.10. The number of aromatic carboxylic acids is 1. The molecule has 0 aliphatic heterocycles. The maximum Gasteiger partial charge on any atom is 0.354 e. The van der Waals surface area contributed by atoms with Gasteiger partial charge in [0.25, 0.3) is 0 Å². The van der Waals surface area contributed by atoms with Crippen molar-refractivity contribution in [2.24, 2.45) is 0 Å². The van der Waals surface area contributed by atoms with Gasteiger partial charge < -0.3 is 9.84 Å². The van der Waals surface area contributed by atoms with E-state index in [9.17, 15) is 4.79 Å². The van der Waals surface area contributed by atoms with Crippen LogP contribution < -0.4 is 4.74 Å². The lowest BCUT2D eigenvalue weighted by atomic mass is 10.3. The number of para-hydroxylation sites is 1. The van der Waals surface area contributed by atoms with Crippen LogP contribution in [0.4, 0.5) is 0 Å². The first kappa shape index (κ1) is 13.4. The van der Waals surface area contributed by atoms with E-state index in [1.54, 1.807) is 36.4 Å². The van der Waals surface area contributed by atoms with Crippen LogP contribution in [0.2, 0.25) is 5.02 Å². The van der Waals surface area contributed by atoms with Crippen molar-refractivity contribution in [3.05, 3.63) is 59.0 Å². The van der Waals surface area contributed by atoms with Gasteiger partial charge in [0.15, 0.2) is 17.2 Å². The Kier molecular flexibility index (Phi) is 3.45. The summed E-state index contributed by atoms with van der Waals surface area (Å²) in [6.45, 7) is 0.102. The summed E-state index contributed by atoms with van der Waals surface area (Å²) in [5, 5.41) is 13.7. The van der Waals surface area contributed by atoms with Crippen molar-refractivity contribution in [1.29, 1.82) is 0 Å². The summed E-state index contributed by atoms with van der Waals surface area (Å²) in [5.41, 5.74) is 0.497. The third kappa shape index (κ3) is 2.66. The number of ether oxygens (including phenoxy) is 1. The second-order valence-corrected chi connectivity index (χ2v) is 4.64. The van der Waals surface area contributed by atoms with Crippen molar-refractivity contribution in [1.82, 2.24) is 14.6 Å². The van der Waals surface area contributed by atoms with Crippen LogP contribution in [-0.4, -0.2) is 25.7 Å². The maximum atomic E-state index is 11.1. The molecule has 3 aromatic rings. The number of rotatable bonds is 4. The van der Waals surface area contributed by atoms with E-state index in [1.807, 2.05) is 0 Å². The lowest BCUT2D eigenvalue weighted by Crippen LogP contribution is -2.06. The Bertz CT molecular complexity index is 816. The van der Waals surface area contributed by atoms with Crippen LogP contribution in [0.1, 0.15) is 16.3 Å². The standard InChI is InChI=1S/C14H10ClN3O3/c15-9-4-1-2-6-11(9)21-8-12-16-13-7-3-5-10(14(19)20)18(13)17-12/h1-7H,8H2,(H,19,20). The summed E-state index contributed by atoms with van der Waals surface area (Å²) in [4.78, 5) is 15.3. The number of carbonyl (C=O) groups is 1. The van der Waals surface area contributed by atoms with Gasteiger partial charge in [0.1, 0.15) is 12.4 Å². The van der Waals surface area contributed by atoms with E-state index in [0.29, 0.717) is 22.2 Å². The molecule has 0 bridgehead atoms. The summed E-state index contributed by atoms with van der Waals surface area (Å²) >= 11 is 5.99. The van der Waals surface area contributed by atoms with Crippen molar-refractivity contribution < 1.29 is 14.6 Å². The third-order valence-electron chi connectivity index (χ3n) is 2.82. The van der Waals surface area contributed by atoms with Crippen LogP contribution >= 0.6 is 11.6 Å². The Morgan fingerprint density at radius 1 is 1.24 bits per heavy atom. The van der Waals surface area contributed by atoms with Crippen LogP contribution in [0.15, 0.2) is 42.5 Å². The van der Waals surface area contributed by atoms with Crippen molar-refractivity contribution in [2.45, 2.75) is 6.61 Å². The molecule has 0 radical (unpaired) electrons. The number of hydrogen-bond acceptors (Lipinski definition) is 4. The molecule has 7 heteroatoms. The molecule has 1 aromatic carbocycles. The Balaban J connectivity index is 1.87. The van der Waals surface area contributed by atoms with Gasteiger partial charge in [-0.05, 0) is 24.3 Å². The molecule has 0 atom stereocenters. The highest BCUT2D eigenvalue weighted by Gasteiger charge is 2.12. The Labute approximate surface area is 124 Å². The zero-order valence-electron chi connectivity index (χ0n) is 10.7. The Morgan fingerprint density at radius 3 is 2.81 bits per heavy atom. The van der Waals surface area contributed by atoms with E-state index in [2.05, 4.69) is 10.1 Å². The number of nitrogens with zero attached hydrogens (tertiary/aromatic N) is 3. The van der Waals surface area contributed by atoms with Gasteiger partial charge >= 0.3 is 5.97 Å². The Hall–Kier alpha value is -2.60. The minimum Gasteiger partial charge on any atom is -0.484 e. The molecule has 0 saturated heterocycles. The van der Waals surface area contributed by atoms with E-state index in [0.717, 1.165) is 0 Å². The fraction of sp³-hybridized carbons (Fsp3) is 0.0714. The average molecular weight is 304 g/mol. The molecule has 0 unspecified atom stereocenters. The zero-order chi connectivity index (χ0) is 14.8. The molecule has 0 aliphatic carbocycles. The summed E-state index contributed by atoms with van der Waals surface area (Å²) < 4.78 is 6.81. The highest BCUT2D eigenvalue weighted by Crippen LogP contribution is 2.23. The minimum absolute atomic E-state index is 0.0454. The van der Waals surface area contributed by atoms with Crippen LogP contribution in [-0.2, 0) is 6.61 Å². The second kappa shape index (κ2) is 5.41. The zero-order valence-corrected chi connectivity index (χ0v) is 11.5. The van der Waals surface area contributed by atoms with Crippen LogP contribution in [0, 0.1) is 0 Å². The highest BCUT2D eigenvalue weighted by molar-refractivity contribution is 6.32. The predicted octanol–water partition coefficient (Wildman–Crippen LogP) is 2.66. The molecule has 2 aromatic heterocycles. The number of fused-ring (bicyclic) bond motifs is 1. The van der Waals surface area contributed by atoms with Crippen molar-refractivity contribution in [2.75, 3.05) is 0 Å². The molecule has 0 amide bonds. The molecule has 0 spiro atoms. The van der Waals surface area contributed by atoms with Crippen LogP contribution in [0.25, 0.3) is 5.65 Å². The summed E-state index contributed by atoms with van der Waals surface area (Å²) in [7, 11) is 0. The van der Waals surface area contributed by atoms with Gasteiger partial charge in [-0.3, -0.25) is 0 Å². The molecule has 1 N–H and O–H groups in total. The summed E-state index contributed by atoms with van der Waals surface area (Å²) in [6, 6.07) is 11.8. The number of halogens is 1. The maximum absolute atomic E-state index is 11.1. The molecule has 106 valence electrons. The first-order valence-corrected chi connectivity index (χ1v) is 6.48. The molecular formula is C14H10ClN3O3. The van der Waals surface area contributed by atoms with Crippen molar-refractivity contribution >= 4 is 23.2 Å². The lowest BCUT2D eigenvalue weighted by molar-refractivity contribution is 0.0687. The van der Waals surface area contributed by atoms with E-state index in [-0.39, 0.29) is 12.3 Å². The molecule has 0 aliphatic rings. The summed E-state index contributed by atoms with van der Waals surface area (Å²) in [6.07, 6.45) is 0. The monoisotopic (exact) mass is 303 g/mol. The largest absolute Gasteiger partial charge is 0.484 e. The Morgan fingerprint density at radius 2 is 2.05 bits per heavy atom. The van der Waals surface area contributed by atoms with Gasteiger partial charge in [-0.25, -0.2) is 14.3 Å². The molecule has 0 fully saturated rings. The van der Waals surface area contributed by atoms with E-state index >= 15 is 0 Å². The van der Waals surface area contributed by atoms with Gasteiger partial charge in [-0.15, -0.1) is 5.10 Å². The van der Waals surface area contributed by atoms with Gasteiger partial charge in [0.05, 0.1) is 5.02 Å². The van der Waals surface area contributed by atoms with Gasteiger partial charge in [0.2, 0.25) is 0 Å². The number of carboxylic acid groups (broad SMARTS) is 1. The number of benzene rings is 1. The van der Waals surface area contributed by atoms with Crippen molar-refractivity contribution in [3.8, 4) is 5.75 Å². The molecule has 2 heterocycles. The normalized spacial score (nSPS) is 10.7.